The predicted octanol–water partition coefficient (Wildman–Crippen LogP) is 2.39. The van der Waals surface area contributed by atoms with E-state index in [0.29, 0.717) is 12.1 Å². The summed E-state index contributed by atoms with van der Waals surface area (Å²) in [7, 11) is 0. The number of nitrogens with one attached hydrogen (secondary N) is 1. The minimum absolute atomic E-state index is 0.115. The number of hydrogen-bond donors (Lipinski definition) is 2. The minimum atomic E-state index is -0.115. The van der Waals surface area contributed by atoms with Crippen molar-refractivity contribution >= 4 is 0 Å². The summed E-state index contributed by atoms with van der Waals surface area (Å²) in [6.45, 7) is 8.27. The van der Waals surface area contributed by atoms with E-state index in [0.717, 1.165) is 18.8 Å². The van der Waals surface area contributed by atoms with Gasteiger partial charge in [0, 0.05) is 18.6 Å². The summed E-state index contributed by atoms with van der Waals surface area (Å²) in [5, 5.41) is 13.9. The van der Waals surface area contributed by atoms with Gasteiger partial charge in [0.2, 0.25) is 0 Å². The van der Waals surface area contributed by atoms with Gasteiger partial charge < -0.3 is 15.3 Å². The topological polar surface area (TPSA) is 35.5 Å². The molecule has 3 heteroatoms. The molecule has 0 aromatic heterocycles. The van der Waals surface area contributed by atoms with Crippen molar-refractivity contribution < 1.29 is 5.11 Å². The van der Waals surface area contributed by atoms with Gasteiger partial charge in [-0.15, -0.1) is 0 Å². The monoisotopic (exact) mass is 268 g/mol. The Hall–Kier alpha value is -0.120. The first-order chi connectivity index (χ1) is 9.15. The largest absolute Gasteiger partial charge is 0.392 e. The second-order valence-corrected chi connectivity index (χ2v) is 6.95. The van der Waals surface area contributed by atoms with Crippen molar-refractivity contribution in [1.29, 1.82) is 0 Å². The Bertz CT molecular complexity index is 249. The molecule has 2 fully saturated rings. The van der Waals surface area contributed by atoms with Crippen LogP contribution in [-0.2, 0) is 0 Å². The molecule has 0 spiro atoms. The van der Waals surface area contributed by atoms with Crippen LogP contribution in [0, 0.1) is 5.92 Å². The maximum Gasteiger partial charge on any atom is 0.0693 e. The van der Waals surface area contributed by atoms with Gasteiger partial charge in [0.05, 0.1) is 6.10 Å². The van der Waals surface area contributed by atoms with E-state index >= 15 is 0 Å². The lowest BCUT2D eigenvalue weighted by atomic mass is 9.99. The maximum atomic E-state index is 10.2. The molecule has 2 aliphatic rings. The number of aliphatic hydroxyl groups is 1. The lowest BCUT2D eigenvalue weighted by Gasteiger charge is -2.36. The molecule has 0 aromatic rings. The summed E-state index contributed by atoms with van der Waals surface area (Å²) in [5.74, 6) is 0.771. The molecule has 1 saturated heterocycles. The van der Waals surface area contributed by atoms with Gasteiger partial charge in [-0.3, -0.25) is 0 Å². The Kier molecular flexibility index (Phi) is 6.11. The molecule has 0 aromatic carbocycles. The number of rotatable bonds is 4. The van der Waals surface area contributed by atoms with E-state index < -0.39 is 0 Å². The highest BCUT2D eigenvalue weighted by molar-refractivity contribution is 4.85. The first-order valence-electron chi connectivity index (χ1n) is 8.31. The Morgan fingerprint density at radius 1 is 1.05 bits per heavy atom. The Morgan fingerprint density at radius 3 is 2.42 bits per heavy atom. The molecule has 112 valence electrons. The number of likely N-dealkylation sites (tertiary alicyclic amines) is 1. The van der Waals surface area contributed by atoms with Crippen LogP contribution in [0.5, 0.6) is 0 Å². The third kappa shape index (κ3) is 5.05. The molecule has 1 heterocycles. The molecule has 19 heavy (non-hydrogen) atoms. The number of hydrogen-bond acceptors (Lipinski definition) is 3. The summed E-state index contributed by atoms with van der Waals surface area (Å²) in [5.41, 5.74) is 0. The van der Waals surface area contributed by atoms with Crippen LogP contribution in [0.1, 0.15) is 58.8 Å². The van der Waals surface area contributed by atoms with Crippen molar-refractivity contribution in [3.05, 3.63) is 0 Å². The second-order valence-electron chi connectivity index (χ2n) is 6.95. The fraction of sp³-hybridized carbons (Fsp3) is 1.00. The van der Waals surface area contributed by atoms with Crippen molar-refractivity contribution in [2.75, 3.05) is 19.6 Å². The smallest absolute Gasteiger partial charge is 0.0693 e. The van der Waals surface area contributed by atoms with Crippen LogP contribution in [0.25, 0.3) is 0 Å². The zero-order valence-corrected chi connectivity index (χ0v) is 12.8. The zero-order chi connectivity index (χ0) is 13.7. The number of aliphatic hydroxyl groups excluding tert-OH is 1. The summed E-state index contributed by atoms with van der Waals surface area (Å²) in [4.78, 5) is 2.59. The van der Waals surface area contributed by atoms with Crippen molar-refractivity contribution in [1.82, 2.24) is 10.2 Å². The third-order valence-corrected chi connectivity index (χ3v) is 4.64. The minimum Gasteiger partial charge on any atom is -0.392 e. The summed E-state index contributed by atoms with van der Waals surface area (Å²) < 4.78 is 0. The first kappa shape index (κ1) is 15.3. The summed E-state index contributed by atoms with van der Waals surface area (Å²) in [6, 6.07) is 0.977. The van der Waals surface area contributed by atoms with Crippen molar-refractivity contribution in [3.8, 4) is 0 Å². The second kappa shape index (κ2) is 7.61. The van der Waals surface area contributed by atoms with Gasteiger partial charge in [0.25, 0.3) is 0 Å². The van der Waals surface area contributed by atoms with Crippen LogP contribution >= 0.6 is 0 Å². The number of piperidine rings is 1. The molecule has 2 atom stereocenters. The first-order valence-corrected chi connectivity index (χ1v) is 8.31. The zero-order valence-electron chi connectivity index (χ0n) is 12.8. The predicted molar refractivity (Wildman–Crippen MR) is 80.3 cm³/mol. The molecule has 0 radical (unpaired) electrons. The average molecular weight is 268 g/mol. The highest BCUT2D eigenvalue weighted by atomic mass is 16.3. The average Bonchev–Trinajstić information content (AvgIpc) is 2.57. The van der Waals surface area contributed by atoms with Crippen LogP contribution in [0.15, 0.2) is 0 Å². The fourth-order valence-electron chi connectivity index (χ4n) is 3.58. The van der Waals surface area contributed by atoms with Crippen LogP contribution in [0.3, 0.4) is 0 Å². The lowest BCUT2D eigenvalue weighted by Crippen LogP contribution is -2.50. The fourth-order valence-corrected chi connectivity index (χ4v) is 3.58. The molecular formula is C16H32N2O. The maximum absolute atomic E-state index is 10.2. The van der Waals surface area contributed by atoms with Crippen LogP contribution in [-0.4, -0.2) is 47.8 Å². The van der Waals surface area contributed by atoms with Crippen molar-refractivity contribution in [3.63, 3.8) is 0 Å². The van der Waals surface area contributed by atoms with Gasteiger partial charge in [-0.25, -0.2) is 0 Å². The molecule has 1 aliphatic carbocycles. The highest BCUT2D eigenvalue weighted by Gasteiger charge is 2.26. The van der Waals surface area contributed by atoms with E-state index in [1.165, 1.54) is 51.7 Å². The summed E-state index contributed by atoms with van der Waals surface area (Å²) >= 11 is 0. The van der Waals surface area contributed by atoms with E-state index in [1.807, 2.05) is 0 Å². The molecule has 1 aliphatic heterocycles. The van der Waals surface area contributed by atoms with E-state index in [2.05, 4.69) is 24.1 Å². The van der Waals surface area contributed by atoms with Crippen molar-refractivity contribution in [2.24, 2.45) is 5.92 Å². The van der Waals surface area contributed by atoms with Gasteiger partial charge in [-0.2, -0.15) is 0 Å². The van der Waals surface area contributed by atoms with E-state index in [9.17, 15) is 5.11 Å². The Balaban J connectivity index is 1.72. The molecule has 3 nitrogen and oxygen atoms in total. The van der Waals surface area contributed by atoms with Gasteiger partial charge in [-0.1, -0.05) is 33.1 Å². The van der Waals surface area contributed by atoms with Gasteiger partial charge in [-0.05, 0) is 44.7 Å². The van der Waals surface area contributed by atoms with Crippen LogP contribution in [0.2, 0.25) is 0 Å². The molecular weight excluding hydrogens is 236 g/mol. The molecule has 2 N–H and O–H groups in total. The quantitative estimate of drug-likeness (QED) is 0.769. The van der Waals surface area contributed by atoms with Crippen LogP contribution < -0.4 is 5.32 Å². The molecule has 2 rings (SSSR count). The Morgan fingerprint density at radius 2 is 1.74 bits per heavy atom. The van der Waals surface area contributed by atoms with E-state index in [-0.39, 0.29) is 6.10 Å². The van der Waals surface area contributed by atoms with Gasteiger partial charge in [0.1, 0.15) is 0 Å². The van der Waals surface area contributed by atoms with Gasteiger partial charge >= 0.3 is 0 Å². The normalized spacial score (nSPS) is 31.6. The van der Waals surface area contributed by atoms with Crippen LogP contribution in [0.4, 0.5) is 0 Å². The van der Waals surface area contributed by atoms with E-state index in [4.69, 9.17) is 0 Å². The standard InChI is InChI=1S/C16H32N2O/c1-13(2)12-18-10-8-14(9-11-18)17-15-6-4-3-5-7-16(15)19/h13-17,19H,3-12H2,1-2H3. The van der Waals surface area contributed by atoms with Crippen molar-refractivity contribution in [2.45, 2.75) is 77.0 Å². The highest BCUT2D eigenvalue weighted by Crippen LogP contribution is 2.20. The Labute approximate surface area is 118 Å². The molecule has 2 unspecified atom stereocenters. The van der Waals surface area contributed by atoms with E-state index in [1.54, 1.807) is 0 Å². The molecule has 1 saturated carbocycles. The number of nitrogens with zero attached hydrogens (tertiary/aromatic N) is 1. The summed E-state index contributed by atoms with van der Waals surface area (Å²) in [6.07, 6.45) is 8.30. The van der Waals surface area contributed by atoms with Gasteiger partial charge in [0.15, 0.2) is 0 Å². The molecule has 0 amide bonds. The lowest BCUT2D eigenvalue weighted by molar-refractivity contribution is 0.100. The molecule has 0 bridgehead atoms. The SMILES string of the molecule is CC(C)CN1CCC(NC2CCCCCC2O)CC1. The third-order valence-electron chi connectivity index (χ3n) is 4.64.